The lowest BCUT2D eigenvalue weighted by Gasteiger charge is -2.24. The summed E-state index contributed by atoms with van der Waals surface area (Å²) in [5.41, 5.74) is 0.310. The van der Waals surface area contributed by atoms with E-state index in [0.29, 0.717) is 40.2 Å². The third-order valence-corrected chi connectivity index (χ3v) is 5.38. The van der Waals surface area contributed by atoms with Crippen molar-refractivity contribution < 1.29 is 23.0 Å². The highest BCUT2D eigenvalue weighted by molar-refractivity contribution is 6.32. The highest BCUT2D eigenvalue weighted by Crippen LogP contribution is 2.41. The van der Waals surface area contributed by atoms with Crippen molar-refractivity contribution >= 4 is 33.5 Å². The first-order chi connectivity index (χ1) is 13.3. The fourth-order valence-electron chi connectivity index (χ4n) is 3.94. The number of benzene rings is 1. The number of methoxy groups -OCH3 is 1. The van der Waals surface area contributed by atoms with Crippen molar-refractivity contribution in [1.82, 2.24) is 14.9 Å². The number of ether oxygens (including phenoxy) is 1. The van der Waals surface area contributed by atoms with E-state index in [4.69, 9.17) is 16.3 Å². The lowest BCUT2D eigenvalue weighted by molar-refractivity contribution is -0.140. The quantitative estimate of drug-likeness (QED) is 0.662. The molecule has 4 rings (SSSR count). The number of rotatable bonds is 2. The second kappa shape index (κ2) is 7.09. The van der Waals surface area contributed by atoms with Crippen molar-refractivity contribution in [2.24, 2.45) is 0 Å². The van der Waals surface area contributed by atoms with E-state index in [-0.39, 0.29) is 11.6 Å². The predicted molar refractivity (Wildman–Crippen MR) is 101 cm³/mol. The summed E-state index contributed by atoms with van der Waals surface area (Å²) in [6, 6.07) is 5.25. The molecule has 1 aliphatic heterocycles. The average Bonchev–Trinajstić information content (AvgIpc) is 2.80. The van der Waals surface area contributed by atoms with Gasteiger partial charge in [0.2, 0.25) is 0 Å². The number of fused-ring (bicyclic) bond motifs is 3. The zero-order chi connectivity index (χ0) is 20.1. The van der Waals surface area contributed by atoms with Crippen LogP contribution in [0, 0.1) is 0 Å². The van der Waals surface area contributed by atoms with Gasteiger partial charge < -0.3 is 19.7 Å². The number of aliphatic hydroxyl groups excluding tert-OH is 1. The average molecular weight is 414 g/mol. The Kier molecular flexibility index (Phi) is 4.89. The van der Waals surface area contributed by atoms with Crippen LogP contribution in [0.4, 0.5) is 13.2 Å². The van der Waals surface area contributed by atoms with Crippen molar-refractivity contribution in [3.63, 3.8) is 0 Å². The van der Waals surface area contributed by atoms with Crippen LogP contribution in [-0.4, -0.2) is 41.0 Å². The van der Waals surface area contributed by atoms with Gasteiger partial charge in [-0.3, -0.25) is 0 Å². The van der Waals surface area contributed by atoms with Crippen LogP contribution in [0.25, 0.3) is 21.9 Å². The van der Waals surface area contributed by atoms with E-state index in [1.807, 2.05) is 4.57 Å². The van der Waals surface area contributed by atoms with Crippen LogP contribution in [-0.2, 0) is 6.18 Å². The van der Waals surface area contributed by atoms with Gasteiger partial charge in [-0.25, -0.2) is 4.98 Å². The van der Waals surface area contributed by atoms with Crippen molar-refractivity contribution in [2.75, 3.05) is 20.2 Å². The molecule has 28 heavy (non-hydrogen) atoms. The molecule has 0 amide bonds. The molecule has 0 saturated carbocycles. The molecule has 0 radical (unpaired) electrons. The zero-order valence-corrected chi connectivity index (χ0v) is 15.8. The number of β-amino-alcohol motifs (C(OH)–C–C–N with tert-alkyl or cyclic N) is 1. The van der Waals surface area contributed by atoms with Gasteiger partial charge in [-0.15, -0.1) is 0 Å². The number of alkyl halides is 3. The van der Waals surface area contributed by atoms with E-state index in [0.717, 1.165) is 19.0 Å². The topological polar surface area (TPSA) is 59.3 Å². The summed E-state index contributed by atoms with van der Waals surface area (Å²) >= 11 is 6.18. The highest BCUT2D eigenvalue weighted by atomic mass is 35.5. The van der Waals surface area contributed by atoms with E-state index in [1.165, 1.54) is 13.2 Å². The number of halogens is 4. The SMILES string of the molecule is COc1cc(Cl)cc2c3nc(C(F)(F)F)ccc3n([C@@H]3CCCNC[C@H]3O)c12. The minimum absolute atomic E-state index is 0.190. The Hall–Kier alpha value is -2.03. The van der Waals surface area contributed by atoms with E-state index in [1.54, 1.807) is 12.1 Å². The molecule has 0 bridgehead atoms. The largest absolute Gasteiger partial charge is 0.494 e. The fourth-order valence-corrected chi connectivity index (χ4v) is 4.15. The Bertz CT molecular complexity index is 1030. The highest BCUT2D eigenvalue weighted by Gasteiger charge is 2.34. The molecule has 1 aliphatic rings. The van der Waals surface area contributed by atoms with Crippen molar-refractivity contribution in [1.29, 1.82) is 0 Å². The summed E-state index contributed by atoms with van der Waals surface area (Å²) in [7, 11) is 1.48. The molecule has 3 heterocycles. The van der Waals surface area contributed by atoms with Crippen LogP contribution < -0.4 is 10.1 Å². The maximum Gasteiger partial charge on any atom is 0.433 e. The molecule has 2 aromatic heterocycles. The van der Waals surface area contributed by atoms with Gasteiger partial charge in [-0.2, -0.15) is 13.2 Å². The second-order valence-corrected chi connectivity index (χ2v) is 7.35. The van der Waals surface area contributed by atoms with Gasteiger partial charge in [0, 0.05) is 23.0 Å². The summed E-state index contributed by atoms with van der Waals surface area (Å²) in [6.45, 7) is 1.17. The van der Waals surface area contributed by atoms with Crippen LogP contribution in [0.15, 0.2) is 24.3 Å². The maximum absolute atomic E-state index is 13.2. The van der Waals surface area contributed by atoms with E-state index >= 15 is 0 Å². The number of hydrogen-bond acceptors (Lipinski definition) is 4. The summed E-state index contributed by atoms with van der Waals surface area (Å²) in [5, 5.41) is 14.7. The maximum atomic E-state index is 13.2. The molecule has 3 aromatic rings. The first-order valence-electron chi connectivity index (χ1n) is 8.95. The van der Waals surface area contributed by atoms with Crippen molar-refractivity contribution in [3.05, 3.63) is 35.0 Å². The van der Waals surface area contributed by atoms with E-state index in [2.05, 4.69) is 10.3 Å². The second-order valence-electron chi connectivity index (χ2n) is 6.92. The number of pyridine rings is 1. The lowest BCUT2D eigenvalue weighted by atomic mass is 10.1. The Morgan fingerprint density at radius 1 is 1.32 bits per heavy atom. The predicted octanol–water partition coefficient (Wildman–Crippen LogP) is 4.16. The van der Waals surface area contributed by atoms with Crippen LogP contribution in [0.1, 0.15) is 24.6 Å². The van der Waals surface area contributed by atoms with E-state index in [9.17, 15) is 18.3 Å². The third kappa shape index (κ3) is 3.19. The number of hydrogen-bond donors (Lipinski definition) is 2. The Morgan fingerprint density at radius 3 is 2.82 bits per heavy atom. The molecule has 0 spiro atoms. The smallest absolute Gasteiger partial charge is 0.433 e. The minimum atomic E-state index is -4.56. The molecule has 0 aliphatic carbocycles. The molecule has 2 atom stereocenters. The van der Waals surface area contributed by atoms with Gasteiger partial charge in [0.25, 0.3) is 0 Å². The van der Waals surface area contributed by atoms with E-state index < -0.39 is 18.0 Å². The minimum Gasteiger partial charge on any atom is -0.494 e. The molecular formula is C19H19ClF3N3O2. The fraction of sp³-hybridized carbons (Fsp3) is 0.421. The molecule has 9 heteroatoms. The summed E-state index contributed by atoms with van der Waals surface area (Å²) in [5.74, 6) is 0.429. The number of aromatic nitrogens is 2. The van der Waals surface area contributed by atoms with Crippen molar-refractivity contribution in [2.45, 2.75) is 31.2 Å². The van der Waals surface area contributed by atoms with Gasteiger partial charge in [0.05, 0.1) is 35.8 Å². The third-order valence-electron chi connectivity index (χ3n) is 5.16. The van der Waals surface area contributed by atoms with Crippen molar-refractivity contribution in [3.8, 4) is 5.75 Å². The number of nitrogens with one attached hydrogen (secondary N) is 1. The molecule has 0 unspecified atom stereocenters. The number of aliphatic hydroxyl groups is 1. The first kappa shape index (κ1) is 19.3. The molecular weight excluding hydrogens is 395 g/mol. The molecule has 1 saturated heterocycles. The van der Waals surface area contributed by atoms with Gasteiger partial charge >= 0.3 is 6.18 Å². The zero-order valence-electron chi connectivity index (χ0n) is 15.1. The molecule has 5 nitrogen and oxygen atoms in total. The molecule has 150 valence electrons. The van der Waals surface area contributed by atoms with Gasteiger partial charge in [-0.05, 0) is 37.6 Å². The normalized spacial score (nSPS) is 21.2. The Balaban J connectivity index is 2.08. The van der Waals surface area contributed by atoms with Gasteiger partial charge in [0.15, 0.2) is 0 Å². The summed E-state index contributed by atoms with van der Waals surface area (Å²) in [4.78, 5) is 3.90. The monoisotopic (exact) mass is 413 g/mol. The molecule has 1 aromatic carbocycles. The van der Waals surface area contributed by atoms with Crippen LogP contribution >= 0.6 is 11.6 Å². The molecule has 1 fully saturated rings. The summed E-state index contributed by atoms with van der Waals surface area (Å²) in [6.07, 6.45) is -3.77. The van der Waals surface area contributed by atoms with Crippen LogP contribution in [0.2, 0.25) is 5.02 Å². The van der Waals surface area contributed by atoms with Crippen LogP contribution in [0.3, 0.4) is 0 Å². The Labute approximate surface area is 164 Å². The molecule has 2 N–H and O–H groups in total. The summed E-state index contributed by atoms with van der Waals surface area (Å²) < 4.78 is 47.1. The standard InChI is InChI=1S/C19H19ClF3N3O2/c1-28-15-8-10(20)7-11-17-13(4-5-16(25-17)19(21,22)23)26(18(11)15)12-3-2-6-24-9-14(12)27/h4-5,7-8,12,14,24,27H,2-3,6,9H2,1H3/t12-,14-/m1/s1. The van der Waals surface area contributed by atoms with Gasteiger partial charge in [0.1, 0.15) is 11.4 Å². The van der Waals surface area contributed by atoms with Crippen LogP contribution in [0.5, 0.6) is 5.75 Å². The first-order valence-corrected chi connectivity index (χ1v) is 9.33. The lowest BCUT2D eigenvalue weighted by Crippen LogP contribution is -2.31. The Morgan fingerprint density at radius 2 is 2.11 bits per heavy atom. The van der Waals surface area contributed by atoms with Gasteiger partial charge in [-0.1, -0.05) is 11.6 Å². The number of nitrogens with zero attached hydrogens (tertiary/aromatic N) is 2.